The molecule has 0 saturated carbocycles. The summed E-state index contributed by atoms with van der Waals surface area (Å²) >= 11 is 0. The van der Waals surface area contributed by atoms with Crippen molar-refractivity contribution in [3.05, 3.63) is 64.7 Å². The normalized spacial score (nSPS) is 10.9. The average molecular weight is 364 g/mol. The summed E-state index contributed by atoms with van der Waals surface area (Å²) in [6.07, 6.45) is 1.55. The molecule has 0 bridgehead atoms. The summed E-state index contributed by atoms with van der Waals surface area (Å²) in [6.45, 7) is 4.84. The summed E-state index contributed by atoms with van der Waals surface area (Å²) in [6, 6.07) is 15.4. The average Bonchev–Trinajstić information content (AvgIpc) is 2.65. The molecule has 140 valence electrons. The minimum absolute atomic E-state index is 0.0656. The lowest BCUT2D eigenvalue weighted by Crippen LogP contribution is -2.22. The summed E-state index contributed by atoms with van der Waals surface area (Å²) in [7, 11) is 3.22. The second-order valence-corrected chi connectivity index (χ2v) is 6.29. The second kappa shape index (κ2) is 9.44. The van der Waals surface area contributed by atoms with E-state index in [1.165, 1.54) is 10.5 Å². The minimum Gasteiger partial charge on any atom is -0.490 e. The molecule has 0 N–H and O–H groups in total. The highest BCUT2D eigenvalue weighted by atomic mass is 16.5. The smallest absolute Gasteiger partial charge is 0.264 e. The van der Waals surface area contributed by atoms with Gasteiger partial charge in [-0.15, -0.1) is 0 Å². The van der Waals surface area contributed by atoms with Crippen LogP contribution in [0.4, 0.5) is 0 Å². The third kappa shape index (κ3) is 5.61. The SMILES string of the molecule is CCOc1cc(/C=C(/C#N)C(=O)N(C)C)ccc1OCc1cccc(C)c1. The number of ether oxygens (including phenoxy) is 2. The van der Waals surface area contributed by atoms with E-state index in [0.717, 1.165) is 5.56 Å². The fraction of sp³-hybridized carbons (Fsp3) is 0.273. The van der Waals surface area contributed by atoms with Crippen LogP contribution in [0.5, 0.6) is 11.5 Å². The number of carbonyl (C=O) groups is 1. The molecule has 2 aromatic rings. The maximum Gasteiger partial charge on any atom is 0.264 e. The first kappa shape index (κ1) is 20.1. The zero-order valence-electron chi connectivity index (χ0n) is 16.2. The Kier molecular flexibility index (Phi) is 7.01. The number of carbonyl (C=O) groups excluding carboxylic acids is 1. The zero-order valence-corrected chi connectivity index (χ0v) is 16.2. The molecule has 27 heavy (non-hydrogen) atoms. The van der Waals surface area contributed by atoms with E-state index in [1.807, 2.05) is 38.1 Å². The highest BCUT2D eigenvalue weighted by molar-refractivity contribution is 6.01. The molecule has 0 heterocycles. The third-order valence-corrected chi connectivity index (χ3v) is 3.81. The number of likely N-dealkylation sites (N-methyl/N-ethyl adjacent to an activating group) is 1. The van der Waals surface area contributed by atoms with Gasteiger partial charge in [-0.3, -0.25) is 4.79 Å². The summed E-state index contributed by atoms with van der Waals surface area (Å²) < 4.78 is 11.6. The Labute approximate surface area is 160 Å². The monoisotopic (exact) mass is 364 g/mol. The fourth-order valence-electron chi connectivity index (χ4n) is 2.51. The van der Waals surface area contributed by atoms with Crippen molar-refractivity contribution in [3.63, 3.8) is 0 Å². The Morgan fingerprint density at radius 2 is 1.93 bits per heavy atom. The van der Waals surface area contributed by atoms with Crippen LogP contribution in [0.2, 0.25) is 0 Å². The molecule has 0 aromatic heterocycles. The maximum absolute atomic E-state index is 12.0. The summed E-state index contributed by atoms with van der Waals surface area (Å²) in [4.78, 5) is 13.4. The first-order chi connectivity index (χ1) is 12.9. The van der Waals surface area contributed by atoms with Crippen molar-refractivity contribution in [2.24, 2.45) is 0 Å². The van der Waals surface area contributed by atoms with Crippen molar-refractivity contribution >= 4 is 12.0 Å². The van der Waals surface area contributed by atoms with E-state index in [-0.39, 0.29) is 11.5 Å². The molecule has 5 heteroatoms. The zero-order chi connectivity index (χ0) is 19.8. The van der Waals surface area contributed by atoms with Gasteiger partial charge in [-0.2, -0.15) is 5.26 Å². The van der Waals surface area contributed by atoms with Gasteiger partial charge in [0.1, 0.15) is 18.2 Å². The number of nitrogens with zero attached hydrogens (tertiary/aromatic N) is 2. The topological polar surface area (TPSA) is 62.6 Å². The van der Waals surface area contributed by atoms with Gasteiger partial charge in [-0.1, -0.05) is 35.9 Å². The Hall–Kier alpha value is -3.26. The van der Waals surface area contributed by atoms with Crippen LogP contribution in [0.25, 0.3) is 6.08 Å². The van der Waals surface area contributed by atoms with E-state index in [2.05, 4.69) is 6.07 Å². The lowest BCUT2D eigenvalue weighted by Gasteiger charge is -2.13. The van der Waals surface area contributed by atoms with Crippen LogP contribution in [-0.4, -0.2) is 31.5 Å². The summed E-state index contributed by atoms with van der Waals surface area (Å²) in [5, 5.41) is 9.24. The molecule has 0 fully saturated rings. The predicted molar refractivity (Wildman–Crippen MR) is 105 cm³/mol. The standard InChI is InChI=1S/C22H24N2O3/c1-5-26-21-13-17(12-19(14-23)22(25)24(3)4)9-10-20(21)27-15-18-8-6-7-16(2)11-18/h6-13H,5,15H2,1-4H3/b19-12-. The predicted octanol–water partition coefficient (Wildman–Crippen LogP) is 3.97. The highest BCUT2D eigenvalue weighted by Gasteiger charge is 2.12. The van der Waals surface area contributed by atoms with Crippen molar-refractivity contribution < 1.29 is 14.3 Å². The second-order valence-electron chi connectivity index (χ2n) is 6.29. The van der Waals surface area contributed by atoms with E-state index < -0.39 is 0 Å². The molecule has 2 aromatic carbocycles. The lowest BCUT2D eigenvalue weighted by molar-refractivity contribution is -0.124. The molecule has 1 amide bonds. The number of aryl methyl sites for hydroxylation is 1. The van der Waals surface area contributed by atoms with E-state index in [4.69, 9.17) is 9.47 Å². The van der Waals surface area contributed by atoms with Gasteiger partial charge in [-0.05, 0) is 43.2 Å². The Morgan fingerprint density at radius 1 is 1.15 bits per heavy atom. The van der Waals surface area contributed by atoms with E-state index in [0.29, 0.717) is 30.3 Å². The van der Waals surface area contributed by atoms with Crippen LogP contribution in [0.15, 0.2) is 48.0 Å². The summed E-state index contributed by atoms with van der Waals surface area (Å²) in [5.74, 6) is 0.858. The molecule has 0 unspecified atom stereocenters. The molecule has 5 nitrogen and oxygen atoms in total. The quantitative estimate of drug-likeness (QED) is 0.551. The van der Waals surface area contributed by atoms with Crippen LogP contribution < -0.4 is 9.47 Å². The first-order valence-corrected chi connectivity index (χ1v) is 8.73. The summed E-state index contributed by atoms with van der Waals surface area (Å²) in [5.41, 5.74) is 3.02. The highest BCUT2D eigenvalue weighted by Crippen LogP contribution is 2.30. The Balaban J connectivity index is 2.25. The lowest BCUT2D eigenvalue weighted by atomic mass is 10.1. The molecule has 0 aliphatic heterocycles. The van der Waals surface area contributed by atoms with Crippen LogP contribution in [0.1, 0.15) is 23.6 Å². The number of rotatable bonds is 7. The number of amides is 1. The molecule has 0 saturated heterocycles. The van der Waals surface area contributed by atoms with Crippen LogP contribution >= 0.6 is 0 Å². The third-order valence-electron chi connectivity index (χ3n) is 3.81. The molecule has 0 aliphatic carbocycles. The Morgan fingerprint density at radius 3 is 2.56 bits per heavy atom. The van der Waals surface area contributed by atoms with Crippen LogP contribution in [-0.2, 0) is 11.4 Å². The molecule has 0 spiro atoms. The van der Waals surface area contributed by atoms with Crippen molar-refractivity contribution in [1.82, 2.24) is 4.90 Å². The molecule has 0 aliphatic rings. The van der Waals surface area contributed by atoms with Crippen molar-refractivity contribution in [1.29, 1.82) is 5.26 Å². The largest absolute Gasteiger partial charge is 0.490 e. The Bertz CT molecular complexity index is 879. The molecule has 0 radical (unpaired) electrons. The van der Waals surface area contributed by atoms with Crippen LogP contribution in [0.3, 0.4) is 0 Å². The van der Waals surface area contributed by atoms with Crippen molar-refractivity contribution in [2.45, 2.75) is 20.5 Å². The van der Waals surface area contributed by atoms with Gasteiger partial charge in [0.15, 0.2) is 11.5 Å². The minimum atomic E-state index is -0.338. The van der Waals surface area contributed by atoms with Gasteiger partial charge in [0, 0.05) is 14.1 Å². The van der Waals surface area contributed by atoms with Gasteiger partial charge in [0.05, 0.1) is 6.61 Å². The first-order valence-electron chi connectivity index (χ1n) is 8.73. The number of nitriles is 1. The molecule has 0 atom stereocenters. The fourth-order valence-corrected chi connectivity index (χ4v) is 2.51. The van der Waals surface area contributed by atoms with Gasteiger partial charge in [0.2, 0.25) is 0 Å². The molecule has 2 rings (SSSR count). The number of benzene rings is 2. The number of hydrogen-bond acceptors (Lipinski definition) is 4. The van der Waals surface area contributed by atoms with E-state index in [9.17, 15) is 10.1 Å². The van der Waals surface area contributed by atoms with Gasteiger partial charge in [0.25, 0.3) is 5.91 Å². The van der Waals surface area contributed by atoms with Gasteiger partial charge < -0.3 is 14.4 Å². The maximum atomic E-state index is 12.0. The van der Waals surface area contributed by atoms with Gasteiger partial charge in [-0.25, -0.2) is 0 Å². The number of hydrogen-bond donors (Lipinski definition) is 0. The molecular formula is C22H24N2O3. The molecular weight excluding hydrogens is 340 g/mol. The van der Waals surface area contributed by atoms with Gasteiger partial charge >= 0.3 is 0 Å². The van der Waals surface area contributed by atoms with Crippen molar-refractivity contribution in [2.75, 3.05) is 20.7 Å². The van der Waals surface area contributed by atoms with Crippen LogP contribution in [0, 0.1) is 18.3 Å². The van der Waals surface area contributed by atoms with E-state index >= 15 is 0 Å². The van der Waals surface area contributed by atoms with E-state index in [1.54, 1.807) is 38.4 Å². The van der Waals surface area contributed by atoms with Crippen molar-refractivity contribution in [3.8, 4) is 17.6 Å².